The number of hydrogen-bond donors (Lipinski definition) is 0. The Balaban J connectivity index is 3.15. The Labute approximate surface area is 61.2 Å². The molecule has 0 heterocycles. The molecular formula is C8H7OP. The third-order valence-corrected chi connectivity index (χ3v) is 1.54. The van der Waals surface area contributed by atoms with E-state index in [1.165, 1.54) is 0 Å². The molecular weight excluding hydrogens is 143 g/mol. The molecule has 0 amide bonds. The predicted octanol–water partition coefficient (Wildman–Crippen LogP) is 2.59. The van der Waals surface area contributed by atoms with Gasteiger partial charge in [0.25, 0.3) is 0 Å². The van der Waals surface area contributed by atoms with Crippen LogP contribution in [-0.2, 0) is 4.57 Å². The van der Waals surface area contributed by atoms with Gasteiger partial charge in [0.05, 0.1) is 0 Å². The van der Waals surface area contributed by atoms with Crippen LogP contribution in [0.15, 0.2) is 24.3 Å². The number of benzene rings is 1. The fraction of sp³-hybridized carbons (Fsp3) is 0.125. The summed E-state index contributed by atoms with van der Waals surface area (Å²) in [6, 6.07) is 7.72. The van der Waals surface area contributed by atoms with Crippen LogP contribution in [-0.4, -0.2) is 0 Å². The Morgan fingerprint density at radius 1 is 1.50 bits per heavy atom. The summed E-state index contributed by atoms with van der Waals surface area (Å²) in [7, 11) is -0.0525. The molecule has 50 valence electrons. The third-order valence-electron chi connectivity index (χ3n) is 1.19. The van der Waals surface area contributed by atoms with Crippen LogP contribution in [0.5, 0.6) is 0 Å². The zero-order valence-corrected chi connectivity index (χ0v) is 6.56. The summed E-state index contributed by atoms with van der Waals surface area (Å²) in [6.07, 6.45) is 0. The van der Waals surface area contributed by atoms with Gasteiger partial charge < -0.3 is 0 Å². The monoisotopic (exact) mass is 150 g/mol. The van der Waals surface area contributed by atoms with E-state index in [2.05, 4.69) is 5.63 Å². The van der Waals surface area contributed by atoms with E-state index in [0.29, 0.717) is 0 Å². The fourth-order valence-electron chi connectivity index (χ4n) is 0.767. The average molecular weight is 150 g/mol. The maximum absolute atomic E-state index is 10.1. The van der Waals surface area contributed by atoms with Crippen molar-refractivity contribution in [3.8, 4) is 5.63 Å². The molecule has 2 heteroatoms. The van der Waals surface area contributed by atoms with Crippen LogP contribution in [0.3, 0.4) is 0 Å². The van der Waals surface area contributed by atoms with Crippen molar-refractivity contribution in [2.45, 2.75) is 6.92 Å². The third kappa shape index (κ3) is 1.88. The summed E-state index contributed by atoms with van der Waals surface area (Å²) in [5, 5.41) is 0. The number of aryl methyl sites for hydroxylation is 1. The zero-order chi connectivity index (χ0) is 7.40. The molecule has 0 radical (unpaired) electrons. The Hall–Kier alpha value is -0.770. The van der Waals surface area contributed by atoms with Crippen molar-refractivity contribution >= 4 is 7.92 Å². The van der Waals surface area contributed by atoms with Gasteiger partial charge in [-0.2, -0.15) is 0 Å². The molecule has 1 nitrogen and oxygen atoms in total. The van der Waals surface area contributed by atoms with E-state index in [1.807, 2.05) is 31.2 Å². The van der Waals surface area contributed by atoms with Crippen LogP contribution in [0, 0.1) is 12.6 Å². The first-order valence-corrected chi connectivity index (χ1v) is 3.79. The molecule has 0 aliphatic carbocycles. The van der Waals surface area contributed by atoms with Crippen LogP contribution in [0.25, 0.3) is 0 Å². The summed E-state index contributed by atoms with van der Waals surface area (Å²) in [5.41, 5.74) is 4.71. The first-order valence-electron chi connectivity index (χ1n) is 2.98. The molecule has 0 N–H and O–H groups in total. The second-order valence-corrected chi connectivity index (χ2v) is 2.48. The first-order chi connectivity index (χ1) is 4.83. The van der Waals surface area contributed by atoms with E-state index in [0.717, 1.165) is 11.1 Å². The molecule has 0 unspecified atom stereocenters. The van der Waals surface area contributed by atoms with Gasteiger partial charge in [0.2, 0.25) is 0 Å². The SMILES string of the molecule is Cc1cccc(C#P=O)c1. The van der Waals surface area contributed by atoms with Crippen molar-refractivity contribution in [2.75, 3.05) is 0 Å². The van der Waals surface area contributed by atoms with Crippen LogP contribution >= 0.6 is 7.92 Å². The van der Waals surface area contributed by atoms with E-state index in [9.17, 15) is 4.57 Å². The van der Waals surface area contributed by atoms with Crippen molar-refractivity contribution in [3.05, 3.63) is 35.4 Å². The molecule has 0 aromatic heterocycles. The van der Waals surface area contributed by atoms with Gasteiger partial charge in [-0.25, -0.2) is 0 Å². The molecule has 1 aromatic rings. The minimum atomic E-state index is -0.0525. The number of rotatable bonds is 0. The van der Waals surface area contributed by atoms with E-state index >= 15 is 0 Å². The van der Waals surface area contributed by atoms with Gasteiger partial charge in [-0.3, -0.25) is 0 Å². The molecule has 1 aromatic carbocycles. The summed E-state index contributed by atoms with van der Waals surface area (Å²) >= 11 is 0. The molecule has 0 atom stereocenters. The van der Waals surface area contributed by atoms with Crippen molar-refractivity contribution in [2.24, 2.45) is 0 Å². The number of hydrogen-bond acceptors (Lipinski definition) is 1. The van der Waals surface area contributed by atoms with Crippen LogP contribution in [0.1, 0.15) is 11.1 Å². The molecule has 0 aliphatic heterocycles. The van der Waals surface area contributed by atoms with Gasteiger partial charge in [0.15, 0.2) is 0 Å². The van der Waals surface area contributed by atoms with E-state index in [4.69, 9.17) is 0 Å². The Kier molecular flexibility index (Phi) is 2.50. The van der Waals surface area contributed by atoms with E-state index in [-0.39, 0.29) is 7.92 Å². The summed E-state index contributed by atoms with van der Waals surface area (Å²) in [6.45, 7) is 1.99. The van der Waals surface area contributed by atoms with Gasteiger partial charge in [0, 0.05) is 0 Å². The first kappa shape index (κ1) is 7.34. The fourth-order valence-corrected chi connectivity index (χ4v) is 1.01. The zero-order valence-electron chi connectivity index (χ0n) is 5.66. The molecule has 0 fully saturated rings. The molecule has 0 spiro atoms. The Bertz CT molecular complexity index is 324. The maximum atomic E-state index is 10.1. The second kappa shape index (κ2) is 3.41. The molecule has 1 rings (SSSR count). The Morgan fingerprint density at radius 3 is 2.90 bits per heavy atom. The average Bonchev–Trinajstić information content (AvgIpc) is 1.88. The molecule has 0 bridgehead atoms. The van der Waals surface area contributed by atoms with Gasteiger partial charge >= 0.3 is 60.4 Å². The Morgan fingerprint density at radius 2 is 2.30 bits per heavy atom. The van der Waals surface area contributed by atoms with Crippen LogP contribution in [0.2, 0.25) is 0 Å². The van der Waals surface area contributed by atoms with Crippen LogP contribution < -0.4 is 0 Å². The van der Waals surface area contributed by atoms with Crippen molar-refractivity contribution < 1.29 is 4.57 Å². The summed E-state index contributed by atoms with van der Waals surface area (Å²) in [5.74, 6) is 0. The molecule has 0 saturated carbocycles. The quantitative estimate of drug-likeness (QED) is 0.519. The van der Waals surface area contributed by atoms with Gasteiger partial charge in [0.1, 0.15) is 0 Å². The molecule has 0 saturated heterocycles. The second-order valence-electron chi connectivity index (χ2n) is 2.07. The molecule has 0 aliphatic rings. The van der Waals surface area contributed by atoms with Crippen molar-refractivity contribution in [1.82, 2.24) is 0 Å². The topological polar surface area (TPSA) is 17.1 Å². The van der Waals surface area contributed by atoms with Gasteiger partial charge in [-0.05, 0) is 0 Å². The van der Waals surface area contributed by atoms with Gasteiger partial charge in [-0.1, -0.05) is 0 Å². The van der Waals surface area contributed by atoms with Gasteiger partial charge in [-0.15, -0.1) is 0 Å². The minimum absolute atomic E-state index is 0.0525. The standard InChI is InChI=1S/C8H7OP/c1-7-3-2-4-8(5-7)6-10-9/h2-5H,1H3. The van der Waals surface area contributed by atoms with Crippen molar-refractivity contribution in [3.63, 3.8) is 0 Å². The summed E-state index contributed by atoms with van der Waals surface area (Å²) < 4.78 is 10.1. The normalized spacial score (nSPS) is 8.50. The summed E-state index contributed by atoms with van der Waals surface area (Å²) in [4.78, 5) is 0. The van der Waals surface area contributed by atoms with E-state index in [1.54, 1.807) is 0 Å². The predicted molar refractivity (Wildman–Crippen MR) is 41.8 cm³/mol. The van der Waals surface area contributed by atoms with Crippen molar-refractivity contribution in [1.29, 1.82) is 0 Å². The molecule has 10 heavy (non-hydrogen) atoms. The van der Waals surface area contributed by atoms with Crippen LogP contribution in [0.4, 0.5) is 0 Å². The van der Waals surface area contributed by atoms with E-state index < -0.39 is 0 Å².